The number of hydrogen-bond donors (Lipinski definition) is 2. The topological polar surface area (TPSA) is 144 Å². The van der Waals surface area contributed by atoms with E-state index in [1.807, 2.05) is 32.0 Å². The zero-order valence-corrected chi connectivity index (χ0v) is 26.3. The molecule has 0 aromatic heterocycles. The highest BCUT2D eigenvalue weighted by Crippen LogP contribution is 2.35. The van der Waals surface area contributed by atoms with Gasteiger partial charge in [0, 0.05) is 13.0 Å². The molecule has 1 heterocycles. The predicted molar refractivity (Wildman–Crippen MR) is 173 cm³/mol. The van der Waals surface area contributed by atoms with Gasteiger partial charge in [0.15, 0.2) is 5.84 Å². The van der Waals surface area contributed by atoms with Crippen LogP contribution in [-0.4, -0.2) is 61.9 Å². The lowest BCUT2D eigenvalue weighted by Crippen LogP contribution is -2.52. The largest absolute Gasteiger partial charge is 0.495 e. The van der Waals surface area contributed by atoms with Crippen molar-refractivity contribution in [2.45, 2.75) is 31.3 Å². The van der Waals surface area contributed by atoms with Gasteiger partial charge in [0.2, 0.25) is 6.10 Å². The molecule has 11 nitrogen and oxygen atoms in total. The highest BCUT2D eigenvalue weighted by molar-refractivity contribution is 7.90. The second-order valence-corrected chi connectivity index (χ2v) is 12.3. The van der Waals surface area contributed by atoms with E-state index < -0.39 is 28.0 Å². The van der Waals surface area contributed by atoms with Crippen LogP contribution >= 0.6 is 0 Å². The van der Waals surface area contributed by atoms with Crippen molar-refractivity contribution in [3.63, 3.8) is 0 Å². The molecule has 1 atom stereocenters. The van der Waals surface area contributed by atoms with Crippen molar-refractivity contribution < 1.29 is 37.3 Å². The van der Waals surface area contributed by atoms with Crippen LogP contribution in [0.5, 0.6) is 17.2 Å². The van der Waals surface area contributed by atoms with E-state index >= 15 is 0 Å². The number of benzene rings is 4. The summed E-state index contributed by atoms with van der Waals surface area (Å²) in [6.07, 6.45) is -1.46. The molecule has 0 radical (unpaired) electrons. The fraction of sp³-hybridized carbons (Fsp3) is 0.206. The Morgan fingerprint density at radius 2 is 1.61 bits per heavy atom. The maximum Gasteiger partial charge on any atom is 0.339 e. The van der Waals surface area contributed by atoms with Gasteiger partial charge in [0.05, 0.1) is 25.1 Å². The number of carboxylic acid groups (broad SMARTS) is 1. The standard InChI is InChI=1S/C34H33N3O8S/c1-22-17-18-27(23(2)21-22)44-20-10-19-37-32(35-26-13-6-9-16-30(26)46(37,41)42)31(45-28-14-7-4-11-24(28)34(39)40)33(38)36-25-12-5-8-15-29(25)43-3/h4-9,11-18,21,31H,10,19-20H2,1-3H3,(H,36,38)(H,39,40). The SMILES string of the molecule is COc1ccccc1NC(=O)C(Oc1ccccc1C(=O)O)C1=Nc2ccccc2S(=O)(=O)N1CCCOc1ccc(C)cc1C. The Labute approximate surface area is 267 Å². The average Bonchev–Trinajstić information content (AvgIpc) is 3.04. The third kappa shape index (κ3) is 6.81. The Balaban J connectivity index is 1.54. The molecule has 12 heteroatoms. The van der Waals surface area contributed by atoms with Gasteiger partial charge < -0.3 is 24.6 Å². The smallest absolute Gasteiger partial charge is 0.339 e. The van der Waals surface area contributed by atoms with Gasteiger partial charge in [-0.15, -0.1) is 0 Å². The first-order chi connectivity index (χ1) is 22.1. The molecule has 5 rings (SSSR count). The molecule has 1 unspecified atom stereocenters. The van der Waals surface area contributed by atoms with Crippen molar-refractivity contribution in [1.29, 1.82) is 0 Å². The maximum absolute atomic E-state index is 14.1. The predicted octanol–water partition coefficient (Wildman–Crippen LogP) is 5.60. The molecule has 238 valence electrons. The number of methoxy groups -OCH3 is 1. The van der Waals surface area contributed by atoms with Crippen molar-refractivity contribution in [3.8, 4) is 17.2 Å². The zero-order chi connectivity index (χ0) is 32.8. The number of hydrogen-bond acceptors (Lipinski definition) is 8. The molecule has 4 aromatic carbocycles. The van der Waals surface area contributed by atoms with Crippen LogP contribution < -0.4 is 19.5 Å². The summed E-state index contributed by atoms with van der Waals surface area (Å²) in [6.45, 7) is 3.97. The van der Waals surface area contributed by atoms with Crippen molar-refractivity contribution in [2.75, 3.05) is 25.6 Å². The Kier molecular flexibility index (Phi) is 9.57. The second-order valence-electron chi connectivity index (χ2n) is 10.5. The van der Waals surface area contributed by atoms with Crippen LogP contribution in [0.25, 0.3) is 0 Å². The van der Waals surface area contributed by atoms with Crippen LogP contribution in [-0.2, 0) is 14.8 Å². The first kappa shape index (κ1) is 32.0. The molecular formula is C34H33N3O8S. The molecule has 4 aromatic rings. The Hall–Kier alpha value is -5.36. The second kappa shape index (κ2) is 13.7. The Morgan fingerprint density at radius 3 is 2.35 bits per heavy atom. The summed E-state index contributed by atoms with van der Waals surface area (Å²) >= 11 is 0. The lowest BCUT2D eigenvalue weighted by atomic mass is 10.1. The highest BCUT2D eigenvalue weighted by atomic mass is 32.2. The van der Waals surface area contributed by atoms with Gasteiger partial charge >= 0.3 is 5.97 Å². The van der Waals surface area contributed by atoms with Gasteiger partial charge in [-0.3, -0.25) is 4.79 Å². The number of anilines is 1. The first-order valence-corrected chi connectivity index (χ1v) is 15.9. The minimum atomic E-state index is -4.23. The van der Waals surface area contributed by atoms with Gasteiger partial charge in [0.1, 0.15) is 27.7 Å². The van der Waals surface area contributed by atoms with Crippen LogP contribution in [0.2, 0.25) is 0 Å². The third-order valence-electron chi connectivity index (χ3n) is 7.22. The lowest BCUT2D eigenvalue weighted by molar-refractivity contribution is -0.120. The molecule has 1 amide bonds. The fourth-order valence-electron chi connectivity index (χ4n) is 5.01. The molecule has 0 aliphatic carbocycles. The number of fused-ring (bicyclic) bond motifs is 1. The zero-order valence-electron chi connectivity index (χ0n) is 25.5. The van der Waals surface area contributed by atoms with E-state index in [0.717, 1.165) is 15.4 Å². The summed E-state index contributed by atoms with van der Waals surface area (Å²) in [5.74, 6) is -1.44. The number of amides is 1. The van der Waals surface area contributed by atoms with E-state index in [9.17, 15) is 23.1 Å². The quantitative estimate of drug-likeness (QED) is 0.190. The van der Waals surface area contributed by atoms with E-state index in [-0.39, 0.29) is 47.3 Å². The summed E-state index contributed by atoms with van der Waals surface area (Å²) in [5, 5.41) is 12.6. The minimum absolute atomic E-state index is 0.0381. The van der Waals surface area contributed by atoms with Crippen molar-refractivity contribution in [2.24, 2.45) is 4.99 Å². The third-order valence-corrected chi connectivity index (χ3v) is 9.07. The number of rotatable bonds is 12. The van der Waals surface area contributed by atoms with Gasteiger partial charge in [0.25, 0.3) is 15.9 Å². The molecular weight excluding hydrogens is 610 g/mol. The molecule has 2 N–H and O–H groups in total. The summed E-state index contributed by atoms with van der Waals surface area (Å²) in [4.78, 5) is 30.7. The van der Waals surface area contributed by atoms with Crippen LogP contribution in [0.1, 0.15) is 27.9 Å². The van der Waals surface area contributed by atoms with Gasteiger partial charge in [-0.25, -0.2) is 22.5 Å². The normalized spacial score (nSPS) is 14.0. The average molecular weight is 644 g/mol. The number of aliphatic imine (C=N–C) groups is 1. The van der Waals surface area contributed by atoms with Crippen LogP contribution in [0.3, 0.4) is 0 Å². The molecule has 0 spiro atoms. The van der Waals surface area contributed by atoms with Gasteiger partial charge in [-0.05, 0) is 61.9 Å². The number of nitrogens with zero attached hydrogens (tertiary/aromatic N) is 2. The Morgan fingerprint density at radius 1 is 0.913 bits per heavy atom. The van der Waals surface area contributed by atoms with E-state index in [0.29, 0.717) is 17.2 Å². The molecule has 0 saturated heterocycles. The number of aryl methyl sites for hydroxylation is 2. The lowest BCUT2D eigenvalue weighted by Gasteiger charge is -2.33. The van der Waals surface area contributed by atoms with Crippen LogP contribution in [0.4, 0.5) is 11.4 Å². The fourth-order valence-corrected chi connectivity index (χ4v) is 6.63. The number of sulfonamides is 1. The summed E-state index contributed by atoms with van der Waals surface area (Å²) in [7, 11) is -2.78. The number of carbonyl (C=O) groups is 2. The minimum Gasteiger partial charge on any atom is -0.495 e. The highest BCUT2D eigenvalue weighted by Gasteiger charge is 2.41. The van der Waals surface area contributed by atoms with Crippen molar-refractivity contribution in [3.05, 3.63) is 108 Å². The molecule has 1 aliphatic rings. The number of carbonyl (C=O) groups excluding carboxylic acids is 1. The number of amidine groups is 1. The number of para-hydroxylation sites is 4. The van der Waals surface area contributed by atoms with E-state index in [2.05, 4.69) is 10.3 Å². The first-order valence-electron chi connectivity index (χ1n) is 14.4. The monoisotopic (exact) mass is 643 g/mol. The van der Waals surface area contributed by atoms with Crippen LogP contribution in [0.15, 0.2) is 101 Å². The number of nitrogens with one attached hydrogen (secondary N) is 1. The molecule has 0 bridgehead atoms. The maximum atomic E-state index is 14.1. The van der Waals surface area contributed by atoms with E-state index in [4.69, 9.17) is 14.2 Å². The number of carboxylic acids is 1. The van der Waals surface area contributed by atoms with Gasteiger partial charge in [-0.1, -0.05) is 54.1 Å². The summed E-state index contributed by atoms with van der Waals surface area (Å²) < 4.78 is 46.6. The van der Waals surface area contributed by atoms with E-state index in [1.165, 1.54) is 37.4 Å². The molecule has 0 saturated carbocycles. The van der Waals surface area contributed by atoms with Gasteiger partial charge in [-0.2, -0.15) is 0 Å². The number of ether oxygens (including phenoxy) is 3. The summed E-state index contributed by atoms with van der Waals surface area (Å²) in [6, 6.07) is 24.4. The summed E-state index contributed by atoms with van der Waals surface area (Å²) in [5.41, 5.74) is 2.23. The van der Waals surface area contributed by atoms with Crippen molar-refractivity contribution >= 4 is 39.1 Å². The van der Waals surface area contributed by atoms with Crippen LogP contribution in [0, 0.1) is 13.8 Å². The Bertz CT molecular complexity index is 1910. The molecule has 0 fully saturated rings. The van der Waals surface area contributed by atoms with Crippen molar-refractivity contribution in [1.82, 2.24) is 4.31 Å². The number of aromatic carboxylic acids is 1. The van der Waals surface area contributed by atoms with E-state index in [1.54, 1.807) is 42.5 Å². The molecule has 1 aliphatic heterocycles. The molecule has 46 heavy (non-hydrogen) atoms.